The fraction of sp³-hybridized carbons (Fsp3) is 0.273. The van der Waals surface area contributed by atoms with Crippen LogP contribution in [0.4, 0.5) is 5.82 Å². The second-order valence-electron chi connectivity index (χ2n) is 3.53. The molecule has 1 amide bonds. The summed E-state index contributed by atoms with van der Waals surface area (Å²) < 4.78 is 3.07. The minimum atomic E-state index is 0.808. The summed E-state index contributed by atoms with van der Waals surface area (Å²) in [6.07, 6.45) is 3.60. The average Bonchev–Trinajstić information content (AvgIpc) is 2.65. The van der Waals surface area contributed by atoms with Crippen molar-refractivity contribution in [1.29, 1.82) is 0 Å². The summed E-state index contributed by atoms with van der Waals surface area (Å²) in [4.78, 5) is 16.9. The zero-order valence-corrected chi connectivity index (χ0v) is 11.3. The lowest BCUT2D eigenvalue weighted by atomic mass is 10.3. The minimum Gasteiger partial charge on any atom is -0.302 e. The number of nitrogens with zero attached hydrogens (tertiary/aromatic N) is 3. The number of amides is 1. The smallest absolute Gasteiger partial charge is 0.215 e. The van der Waals surface area contributed by atoms with E-state index in [-0.39, 0.29) is 0 Å². The molecule has 0 bridgehead atoms. The van der Waals surface area contributed by atoms with Crippen LogP contribution >= 0.6 is 22.6 Å². The molecule has 0 aliphatic rings. The fourth-order valence-corrected chi connectivity index (χ4v) is 2.17. The monoisotopic (exact) mass is 329 g/mol. The molecular weight excluding hydrogens is 317 g/mol. The highest BCUT2D eigenvalue weighted by atomic mass is 127. The molecule has 0 aliphatic carbocycles. The number of aromatic nitrogens is 2. The number of carbonyl (C=O) groups is 1. The molecule has 84 valence electrons. The van der Waals surface area contributed by atoms with Crippen LogP contribution in [-0.2, 0) is 11.2 Å². The van der Waals surface area contributed by atoms with E-state index in [2.05, 4.69) is 27.6 Å². The Hall–Kier alpha value is -1.11. The van der Waals surface area contributed by atoms with E-state index in [0.29, 0.717) is 0 Å². The number of aryl methyl sites for hydroxylation is 1. The topological polar surface area (TPSA) is 37.6 Å². The molecule has 0 aromatic carbocycles. The minimum absolute atomic E-state index is 0.808. The summed E-state index contributed by atoms with van der Waals surface area (Å²) in [5.41, 5.74) is 1.82. The van der Waals surface area contributed by atoms with E-state index in [0.717, 1.165) is 33.6 Å². The third kappa shape index (κ3) is 1.79. The van der Waals surface area contributed by atoms with Gasteiger partial charge in [0.1, 0.15) is 11.5 Å². The molecule has 2 heterocycles. The van der Waals surface area contributed by atoms with Crippen LogP contribution in [0, 0.1) is 3.57 Å². The molecule has 0 N–H and O–H groups in total. The molecule has 0 unspecified atom stereocenters. The first kappa shape index (κ1) is 11.4. The van der Waals surface area contributed by atoms with Gasteiger partial charge in [0, 0.05) is 16.8 Å². The van der Waals surface area contributed by atoms with Crippen molar-refractivity contribution in [3.8, 4) is 0 Å². The zero-order valence-electron chi connectivity index (χ0n) is 9.14. The molecule has 4 nitrogen and oxygen atoms in total. The maximum absolute atomic E-state index is 10.9. The van der Waals surface area contributed by atoms with Gasteiger partial charge in [-0.2, -0.15) is 0 Å². The molecule has 16 heavy (non-hydrogen) atoms. The molecule has 0 saturated heterocycles. The fourth-order valence-electron chi connectivity index (χ4n) is 1.72. The summed E-state index contributed by atoms with van der Waals surface area (Å²) >= 11 is 2.25. The number of imidazole rings is 1. The lowest BCUT2D eigenvalue weighted by Crippen LogP contribution is -2.17. The molecular formula is C11H12IN3O. The summed E-state index contributed by atoms with van der Waals surface area (Å²) in [6, 6.07) is 3.97. The Kier molecular flexibility index (Phi) is 3.13. The van der Waals surface area contributed by atoms with Crippen LogP contribution in [0.2, 0.25) is 0 Å². The van der Waals surface area contributed by atoms with Crippen LogP contribution in [0.1, 0.15) is 12.6 Å². The molecule has 2 aromatic heterocycles. The first-order chi connectivity index (χ1) is 7.67. The van der Waals surface area contributed by atoms with E-state index in [9.17, 15) is 4.79 Å². The van der Waals surface area contributed by atoms with Crippen molar-refractivity contribution < 1.29 is 4.79 Å². The first-order valence-electron chi connectivity index (χ1n) is 5.02. The Morgan fingerprint density at radius 2 is 2.31 bits per heavy atom. The van der Waals surface area contributed by atoms with Gasteiger partial charge in [0.2, 0.25) is 6.41 Å². The maximum Gasteiger partial charge on any atom is 0.215 e. The summed E-state index contributed by atoms with van der Waals surface area (Å²) in [7, 11) is 1.75. The van der Waals surface area contributed by atoms with E-state index in [4.69, 9.17) is 0 Å². The van der Waals surface area contributed by atoms with Gasteiger partial charge < -0.3 is 4.90 Å². The number of halogens is 1. The molecule has 0 spiro atoms. The molecule has 0 radical (unpaired) electrons. The number of rotatable bonds is 3. The number of carbonyl (C=O) groups excluding carboxylic acids is 1. The van der Waals surface area contributed by atoms with Gasteiger partial charge in [-0.1, -0.05) is 6.92 Å². The van der Waals surface area contributed by atoms with Gasteiger partial charge in [0.05, 0.1) is 5.69 Å². The lowest BCUT2D eigenvalue weighted by Gasteiger charge is -2.11. The van der Waals surface area contributed by atoms with Crippen molar-refractivity contribution in [2.45, 2.75) is 13.3 Å². The van der Waals surface area contributed by atoms with Crippen molar-refractivity contribution >= 4 is 40.5 Å². The highest BCUT2D eigenvalue weighted by molar-refractivity contribution is 14.1. The predicted molar refractivity (Wildman–Crippen MR) is 71.8 cm³/mol. The second kappa shape index (κ2) is 4.40. The highest BCUT2D eigenvalue weighted by Crippen LogP contribution is 2.22. The normalized spacial score (nSPS) is 10.7. The molecule has 5 heteroatoms. The summed E-state index contributed by atoms with van der Waals surface area (Å²) in [5, 5.41) is 0. The third-order valence-corrected chi connectivity index (χ3v) is 3.09. The number of anilines is 1. The second-order valence-corrected chi connectivity index (χ2v) is 4.77. The van der Waals surface area contributed by atoms with Gasteiger partial charge in [-0.3, -0.25) is 9.20 Å². The molecule has 0 fully saturated rings. The van der Waals surface area contributed by atoms with Crippen LogP contribution in [-0.4, -0.2) is 22.8 Å². The van der Waals surface area contributed by atoms with Crippen molar-refractivity contribution in [3.63, 3.8) is 0 Å². The number of hydrogen-bond donors (Lipinski definition) is 0. The van der Waals surface area contributed by atoms with Crippen molar-refractivity contribution in [1.82, 2.24) is 9.38 Å². The SMILES string of the molecule is CCc1nc2ccc(I)cn2c1N(C)C=O. The van der Waals surface area contributed by atoms with E-state index in [1.165, 1.54) is 0 Å². The van der Waals surface area contributed by atoms with E-state index in [1.54, 1.807) is 11.9 Å². The van der Waals surface area contributed by atoms with Crippen LogP contribution in [0.15, 0.2) is 18.3 Å². The van der Waals surface area contributed by atoms with E-state index >= 15 is 0 Å². The average molecular weight is 329 g/mol. The molecule has 2 aromatic rings. The number of pyridine rings is 1. The van der Waals surface area contributed by atoms with Crippen molar-refractivity contribution in [3.05, 3.63) is 27.6 Å². The Labute approximate surface area is 107 Å². The van der Waals surface area contributed by atoms with Crippen LogP contribution < -0.4 is 4.90 Å². The van der Waals surface area contributed by atoms with Gasteiger partial charge in [0.15, 0.2) is 0 Å². The number of fused-ring (bicyclic) bond motifs is 1. The quantitative estimate of drug-likeness (QED) is 0.639. The van der Waals surface area contributed by atoms with E-state index < -0.39 is 0 Å². The predicted octanol–water partition coefficient (Wildman–Crippen LogP) is 2.09. The Morgan fingerprint density at radius 1 is 1.56 bits per heavy atom. The van der Waals surface area contributed by atoms with Crippen LogP contribution in [0.5, 0.6) is 0 Å². The van der Waals surface area contributed by atoms with Crippen LogP contribution in [0.25, 0.3) is 5.65 Å². The van der Waals surface area contributed by atoms with Gasteiger partial charge in [-0.15, -0.1) is 0 Å². The maximum atomic E-state index is 10.9. The van der Waals surface area contributed by atoms with Crippen LogP contribution in [0.3, 0.4) is 0 Å². The zero-order chi connectivity index (χ0) is 11.7. The van der Waals surface area contributed by atoms with Crippen molar-refractivity contribution in [2.75, 3.05) is 11.9 Å². The standard InChI is InChI=1S/C11H12IN3O/c1-3-9-11(14(2)7-16)15-6-8(12)4-5-10(15)13-9/h4-7H,3H2,1-2H3. The molecule has 0 aliphatic heterocycles. The number of hydrogen-bond acceptors (Lipinski definition) is 2. The van der Waals surface area contributed by atoms with Gasteiger partial charge in [-0.05, 0) is 41.1 Å². The Bertz CT molecular complexity index is 535. The largest absolute Gasteiger partial charge is 0.302 e. The van der Waals surface area contributed by atoms with Gasteiger partial charge in [0.25, 0.3) is 0 Å². The van der Waals surface area contributed by atoms with E-state index in [1.807, 2.05) is 29.7 Å². The Balaban J connectivity index is 2.75. The Morgan fingerprint density at radius 3 is 2.94 bits per heavy atom. The highest BCUT2D eigenvalue weighted by Gasteiger charge is 2.14. The first-order valence-corrected chi connectivity index (χ1v) is 6.10. The van der Waals surface area contributed by atoms with Gasteiger partial charge >= 0.3 is 0 Å². The van der Waals surface area contributed by atoms with Gasteiger partial charge in [-0.25, -0.2) is 4.98 Å². The summed E-state index contributed by atoms with van der Waals surface area (Å²) in [6.45, 7) is 2.04. The molecule has 0 atom stereocenters. The molecule has 2 rings (SSSR count). The lowest BCUT2D eigenvalue weighted by molar-refractivity contribution is -0.107. The third-order valence-electron chi connectivity index (χ3n) is 2.45. The summed E-state index contributed by atoms with van der Waals surface area (Å²) in [5.74, 6) is 0.853. The van der Waals surface area contributed by atoms with Crippen molar-refractivity contribution in [2.24, 2.45) is 0 Å². The molecule has 0 saturated carbocycles.